The summed E-state index contributed by atoms with van der Waals surface area (Å²) in [5.41, 5.74) is 0.272. The van der Waals surface area contributed by atoms with E-state index in [0.717, 1.165) is 0 Å². The van der Waals surface area contributed by atoms with Crippen molar-refractivity contribution in [2.75, 3.05) is 13.1 Å². The number of phenols is 1. The molecule has 0 spiro atoms. The van der Waals surface area contributed by atoms with Crippen molar-refractivity contribution in [3.63, 3.8) is 0 Å². The van der Waals surface area contributed by atoms with E-state index in [9.17, 15) is 24.6 Å². The van der Waals surface area contributed by atoms with Gasteiger partial charge in [-0.3, -0.25) is 9.59 Å². The number of amides is 1. The fraction of sp³-hybridized carbons (Fsp3) is 0.320. The van der Waals surface area contributed by atoms with Crippen LogP contribution in [0.2, 0.25) is 0 Å². The SMILES string of the molecule is CC(C)(C)OC(=O)NCCCNC(C1=C(O)c2ccccc2C(=O)C1=O)c1cccc(O)c1. The van der Waals surface area contributed by atoms with Crippen molar-refractivity contribution in [2.24, 2.45) is 0 Å². The molecule has 1 aliphatic carbocycles. The first-order valence-corrected chi connectivity index (χ1v) is 10.7. The molecule has 2 aromatic carbocycles. The van der Waals surface area contributed by atoms with E-state index in [4.69, 9.17) is 4.74 Å². The van der Waals surface area contributed by atoms with Gasteiger partial charge < -0.3 is 25.6 Å². The smallest absolute Gasteiger partial charge is 0.407 e. The molecular formula is C25H28N2O6. The number of aromatic hydroxyl groups is 1. The van der Waals surface area contributed by atoms with Gasteiger partial charge in [0.1, 0.15) is 17.1 Å². The molecule has 0 bridgehead atoms. The van der Waals surface area contributed by atoms with Crippen LogP contribution in [0.1, 0.15) is 54.7 Å². The van der Waals surface area contributed by atoms with Crippen LogP contribution in [0, 0.1) is 0 Å². The molecule has 0 radical (unpaired) electrons. The summed E-state index contributed by atoms with van der Waals surface area (Å²) < 4.78 is 5.20. The average molecular weight is 453 g/mol. The highest BCUT2D eigenvalue weighted by atomic mass is 16.6. The third kappa shape index (κ3) is 5.78. The van der Waals surface area contributed by atoms with Gasteiger partial charge in [-0.1, -0.05) is 36.4 Å². The number of aliphatic hydroxyl groups excluding tert-OH is 1. The third-order valence-electron chi connectivity index (χ3n) is 5.00. The number of hydrogen-bond donors (Lipinski definition) is 4. The van der Waals surface area contributed by atoms with E-state index in [1.165, 1.54) is 18.2 Å². The Bertz CT molecular complexity index is 1100. The molecule has 174 valence electrons. The zero-order valence-electron chi connectivity index (χ0n) is 18.8. The molecule has 8 heteroatoms. The zero-order valence-corrected chi connectivity index (χ0v) is 18.8. The second-order valence-corrected chi connectivity index (χ2v) is 8.73. The summed E-state index contributed by atoms with van der Waals surface area (Å²) in [4.78, 5) is 37.5. The van der Waals surface area contributed by atoms with Gasteiger partial charge in [-0.25, -0.2) is 4.79 Å². The van der Waals surface area contributed by atoms with Crippen molar-refractivity contribution in [3.05, 3.63) is 70.8 Å². The number of carbonyl (C=O) groups excluding carboxylic acids is 3. The summed E-state index contributed by atoms with van der Waals surface area (Å²) in [6, 6.07) is 11.8. The molecule has 33 heavy (non-hydrogen) atoms. The summed E-state index contributed by atoms with van der Waals surface area (Å²) in [6.45, 7) is 5.98. The topological polar surface area (TPSA) is 125 Å². The van der Waals surface area contributed by atoms with Crippen LogP contribution in [0.3, 0.4) is 0 Å². The Balaban J connectivity index is 1.81. The number of ketones is 2. The highest BCUT2D eigenvalue weighted by Gasteiger charge is 2.37. The lowest BCUT2D eigenvalue weighted by molar-refractivity contribution is -0.112. The summed E-state index contributed by atoms with van der Waals surface area (Å²) in [5.74, 6) is -1.79. The quantitative estimate of drug-likeness (QED) is 0.373. The minimum absolute atomic E-state index is 0.0130. The van der Waals surface area contributed by atoms with Crippen molar-refractivity contribution in [1.82, 2.24) is 10.6 Å². The largest absolute Gasteiger partial charge is 0.508 e. The van der Waals surface area contributed by atoms with Crippen LogP contribution in [0.15, 0.2) is 54.1 Å². The molecule has 0 heterocycles. The molecule has 1 amide bonds. The lowest BCUT2D eigenvalue weighted by Gasteiger charge is -2.26. The Labute approximate surface area is 192 Å². The van der Waals surface area contributed by atoms with Gasteiger partial charge in [0.2, 0.25) is 11.6 Å². The zero-order chi connectivity index (χ0) is 24.2. The number of nitrogens with one attached hydrogen (secondary N) is 2. The van der Waals surface area contributed by atoms with Gasteiger partial charge in [-0.05, 0) is 51.4 Å². The van der Waals surface area contributed by atoms with Crippen molar-refractivity contribution < 1.29 is 29.3 Å². The van der Waals surface area contributed by atoms with Crippen LogP contribution in [-0.4, -0.2) is 46.6 Å². The number of aliphatic hydroxyl groups is 1. The number of hydrogen-bond acceptors (Lipinski definition) is 7. The standard InChI is InChI=1S/C25H28N2O6/c1-25(2,3)33-24(32)27-13-7-12-26-20(15-8-6-9-16(28)14-15)19-21(29)17-10-4-5-11-18(17)22(30)23(19)31/h4-6,8-11,14,20,26,28-29H,7,12-13H2,1-3H3,(H,27,32). The van der Waals surface area contributed by atoms with Gasteiger partial charge in [-0.2, -0.15) is 0 Å². The van der Waals surface area contributed by atoms with Crippen LogP contribution in [0.4, 0.5) is 4.79 Å². The molecule has 0 aliphatic heterocycles. The Morgan fingerprint density at radius 1 is 0.970 bits per heavy atom. The van der Waals surface area contributed by atoms with Crippen molar-refractivity contribution in [2.45, 2.75) is 38.8 Å². The molecule has 0 fully saturated rings. The maximum atomic E-state index is 13.0. The second-order valence-electron chi connectivity index (χ2n) is 8.73. The Kier molecular flexibility index (Phi) is 7.18. The number of Topliss-reactive ketones (excluding diaryl/α,β-unsaturated/α-hetero) is 2. The molecule has 1 aliphatic rings. The fourth-order valence-corrected chi connectivity index (χ4v) is 3.58. The molecule has 4 N–H and O–H groups in total. The average Bonchev–Trinajstić information content (AvgIpc) is 2.75. The summed E-state index contributed by atoms with van der Waals surface area (Å²) in [5, 5.41) is 26.7. The van der Waals surface area contributed by atoms with Crippen molar-refractivity contribution in [1.29, 1.82) is 0 Å². The first kappa shape index (κ1) is 24.0. The summed E-state index contributed by atoms with van der Waals surface area (Å²) >= 11 is 0. The Morgan fingerprint density at radius 3 is 2.33 bits per heavy atom. The van der Waals surface area contributed by atoms with E-state index < -0.39 is 29.3 Å². The number of benzene rings is 2. The normalized spacial score (nSPS) is 14.6. The van der Waals surface area contributed by atoms with Gasteiger partial charge in [0.15, 0.2) is 0 Å². The van der Waals surface area contributed by atoms with Crippen molar-refractivity contribution >= 4 is 23.4 Å². The predicted octanol–water partition coefficient (Wildman–Crippen LogP) is 3.67. The number of phenolic OH excluding ortho intramolecular Hbond substituents is 1. The van der Waals surface area contributed by atoms with E-state index in [-0.39, 0.29) is 28.2 Å². The molecule has 2 aromatic rings. The molecule has 0 saturated heterocycles. The Hall–Kier alpha value is -3.65. The molecule has 3 rings (SSSR count). The van der Waals surface area contributed by atoms with E-state index in [1.807, 2.05) is 0 Å². The number of carbonyl (C=O) groups is 3. The lowest BCUT2D eigenvalue weighted by Crippen LogP contribution is -2.36. The second kappa shape index (κ2) is 9.87. The van der Waals surface area contributed by atoms with E-state index in [0.29, 0.717) is 25.1 Å². The number of alkyl carbamates (subject to hydrolysis) is 1. The van der Waals surface area contributed by atoms with Crippen molar-refractivity contribution in [3.8, 4) is 5.75 Å². The lowest BCUT2D eigenvalue weighted by atomic mass is 9.83. The maximum absolute atomic E-state index is 13.0. The van der Waals surface area contributed by atoms with Crippen LogP contribution < -0.4 is 10.6 Å². The maximum Gasteiger partial charge on any atom is 0.407 e. The third-order valence-corrected chi connectivity index (χ3v) is 5.00. The molecule has 1 atom stereocenters. The number of fused-ring (bicyclic) bond motifs is 1. The fourth-order valence-electron chi connectivity index (χ4n) is 3.58. The van der Waals surface area contributed by atoms with E-state index >= 15 is 0 Å². The molecular weight excluding hydrogens is 424 g/mol. The van der Waals surface area contributed by atoms with Gasteiger partial charge in [0, 0.05) is 17.7 Å². The van der Waals surface area contributed by atoms with Crippen LogP contribution >= 0.6 is 0 Å². The highest BCUT2D eigenvalue weighted by Crippen LogP contribution is 2.35. The van der Waals surface area contributed by atoms with E-state index in [1.54, 1.807) is 51.1 Å². The van der Waals surface area contributed by atoms with Gasteiger partial charge in [0.25, 0.3) is 0 Å². The monoisotopic (exact) mass is 452 g/mol. The van der Waals surface area contributed by atoms with Gasteiger partial charge in [0.05, 0.1) is 11.6 Å². The summed E-state index contributed by atoms with van der Waals surface area (Å²) in [6.07, 6.45) is -0.0431. The predicted molar refractivity (Wildman–Crippen MR) is 123 cm³/mol. The van der Waals surface area contributed by atoms with Gasteiger partial charge >= 0.3 is 6.09 Å². The van der Waals surface area contributed by atoms with Gasteiger partial charge in [-0.15, -0.1) is 0 Å². The number of ether oxygens (including phenoxy) is 1. The van der Waals surface area contributed by atoms with Crippen LogP contribution in [-0.2, 0) is 9.53 Å². The van der Waals surface area contributed by atoms with E-state index in [2.05, 4.69) is 10.6 Å². The van der Waals surface area contributed by atoms with Crippen LogP contribution in [0.5, 0.6) is 5.75 Å². The minimum atomic E-state index is -0.844. The molecule has 0 aromatic heterocycles. The first-order valence-electron chi connectivity index (χ1n) is 10.7. The minimum Gasteiger partial charge on any atom is -0.508 e. The molecule has 1 unspecified atom stereocenters. The molecule has 8 nitrogen and oxygen atoms in total. The van der Waals surface area contributed by atoms with Crippen LogP contribution in [0.25, 0.3) is 5.76 Å². The molecule has 0 saturated carbocycles. The summed E-state index contributed by atoms with van der Waals surface area (Å²) in [7, 11) is 0. The number of rotatable bonds is 7. The first-order chi connectivity index (χ1) is 15.6. The Morgan fingerprint density at radius 2 is 1.67 bits per heavy atom. The highest BCUT2D eigenvalue weighted by molar-refractivity contribution is 6.52.